The molecule has 1 aromatic carbocycles. The summed E-state index contributed by atoms with van der Waals surface area (Å²) in [7, 11) is 2.13. The van der Waals surface area contributed by atoms with Crippen molar-refractivity contribution in [1.82, 2.24) is 0 Å². The van der Waals surface area contributed by atoms with Gasteiger partial charge in [-0.2, -0.15) is 0 Å². The number of rotatable bonds is 2. The molecule has 4 nitrogen and oxygen atoms in total. The van der Waals surface area contributed by atoms with Crippen molar-refractivity contribution in [2.45, 2.75) is 19.4 Å². The first-order chi connectivity index (χ1) is 7.66. The number of benzene rings is 1. The molecule has 4 N–H and O–H groups in total. The van der Waals surface area contributed by atoms with Crippen LogP contribution in [0.3, 0.4) is 0 Å². The third-order valence-corrected chi connectivity index (χ3v) is 2.94. The molecule has 0 spiro atoms. The van der Waals surface area contributed by atoms with Crippen LogP contribution in [-0.2, 0) is 13.0 Å². The van der Waals surface area contributed by atoms with Crippen LogP contribution in [0.5, 0.6) is 0 Å². The van der Waals surface area contributed by atoms with Crippen LogP contribution in [0.1, 0.15) is 17.5 Å². The van der Waals surface area contributed by atoms with Gasteiger partial charge in [0.2, 0.25) is 0 Å². The van der Waals surface area contributed by atoms with Crippen molar-refractivity contribution in [3.05, 3.63) is 29.3 Å². The summed E-state index contributed by atoms with van der Waals surface area (Å²) in [5.74, 6) is 0.148. The van der Waals surface area contributed by atoms with E-state index in [0.29, 0.717) is 6.54 Å². The molecule has 1 aromatic rings. The second kappa shape index (κ2) is 6.09. The van der Waals surface area contributed by atoms with Gasteiger partial charge in [0.1, 0.15) is 0 Å². The van der Waals surface area contributed by atoms with Crippen molar-refractivity contribution in [2.75, 3.05) is 18.5 Å². The van der Waals surface area contributed by atoms with Crippen LogP contribution in [0.4, 0.5) is 5.69 Å². The Morgan fingerprint density at radius 3 is 2.88 bits per heavy atom. The predicted molar refractivity (Wildman–Crippen MR) is 83.0 cm³/mol. The number of nitrogens with zero attached hydrogens (tertiary/aromatic N) is 2. The molecule has 0 aromatic heterocycles. The topological polar surface area (TPSA) is 67.6 Å². The van der Waals surface area contributed by atoms with Gasteiger partial charge in [0.25, 0.3) is 0 Å². The monoisotopic (exact) mass is 346 g/mol. The highest BCUT2D eigenvalue weighted by Crippen LogP contribution is 2.26. The van der Waals surface area contributed by atoms with Crippen LogP contribution in [-0.4, -0.2) is 19.6 Å². The number of hydrogen-bond acceptors (Lipinski definition) is 2. The first-order valence-corrected chi connectivity index (χ1v) is 5.55. The molecule has 0 bridgehead atoms. The van der Waals surface area contributed by atoms with E-state index in [9.17, 15) is 0 Å². The summed E-state index contributed by atoms with van der Waals surface area (Å²) >= 11 is 0. The second-order valence-electron chi connectivity index (χ2n) is 4.23. The van der Waals surface area contributed by atoms with Gasteiger partial charge in [0.15, 0.2) is 5.96 Å². The number of aryl methyl sites for hydroxylation is 1. The molecule has 0 saturated carbocycles. The van der Waals surface area contributed by atoms with E-state index in [-0.39, 0.29) is 29.9 Å². The van der Waals surface area contributed by atoms with E-state index in [1.165, 1.54) is 23.2 Å². The number of guanidine groups is 1. The summed E-state index contributed by atoms with van der Waals surface area (Å²) in [5, 5.41) is 0. The van der Waals surface area contributed by atoms with Crippen molar-refractivity contribution in [3.8, 4) is 0 Å². The van der Waals surface area contributed by atoms with E-state index in [2.05, 4.69) is 35.1 Å². The van der Waals surface area contributed by atoms with Gasteiger partial charge in [0, 0.05) is 19.3 Å². The van der Waals surface area contributed by atoms with Crippen LogP contribution in [0.25, 0.3) is 0 Å². The Morgan fingerprint density at radius 2 is 2.18 bits per heavy atom. The molecule has 17 heavy (non-hydrogen) atoms. The summed E-state index contributed by atoms with van der Waals surface area (Å²) < 4.78 is 0. The molecule has 1 aliphatic heterocycles. The number of nitrogens with two attached hydrogens (primary N) is 2. The summed E-state index contributed by atoms with van der Waals surface area (Å²) in [5.41, 5.74) is 14.5. The van der Waals surface area contributed by atoms with Gasteiger partial charge in [0.05, 0.1) is 6.54 Å². The van der Waals surface area contributed by atoms with E-state index < -0.39 is 0 Å². The lowest BCUT2D eigenvalue weighted by molar-refractivity contribution is 0.743. The van der Waals surface area contributed by atoms with Crippen molar-refractivity contribution < 1.29 is 0 Å². The van der Waals surface area contributed by atoms with E-state index in [1.807, 2.05) is 0 Å². The van der Waals surface area contributed by atoms with Gasteiger partial charge in [-0.25, -0.2) is 4.99 Å². The van der Waals surface area contributed by atoms with Gasteiger partial charge in [-0.15, -0.1) is 24.0 Å². The average Bonchev–Trinajstić information content (AvgIpc) is 2.26. The SMILES string of the molecule is CN1CCCc2cc(CN=C(N)N)ccc21.I. The highest BCUT2D eigenvalue weighted by Gasteiger charge is 2.13. The minimum atomic E-state index is 0. The maximum absolute atomic E-state index is 5.32. The predicted octanol–water partition coefficient (Wildman–Crippen LogP) is 1.46. The summed E-state index contributed by atoms with van der Waals surface area (Å²) in [6, 6.07) is 6.45. The Hall–Kier alpha value is -0.980. The lowest BCUT2D eigenvalue weighted by atomic mass is 10.00. The van der Waals surface area contributed by atoms with E-state index in [0.717, 1.165) is 13.0 Å². The van der Waals surface area contributed by atoms with Crippen LogP contribution >= 0.6 is 24.0 Å². The van der Waals surface area contributed by atoms with Crippen LogP contribution in [0.15, 0.2) is 23.2 Å². The molecule has 2 rings (SSSR count). The molecule has 0 radical (unpaired) electrons. The fourth-order valence-corrected chi connectivity index (χ4v) is 2.12. The molecular weight excluding hydrogens is 327 g/mol. The summed E-state index contributed by atoms with van der Waals surface area (Å²) in [6.07, 6.45) is 2.37. The molecular formula is C12H19IN4. The van der Waals surface area contributed by atoms with Crippen LogP contribution in [0.2, 0.25) is 0 Å². The van der Waals surface area contributed by atoms with Gasteiger partial charge >= 0.3 is 0 Å². The fraction of sp³-hybridized carbons (Fsp3) is 0.417. The zero-order valence-corrected chi connectivity index (χ0v) is 12.3. The molecule has 1 aliphatic rings. The smallest absolute Gasteiger partial charge is 0.186 e. The molecule has 0 aliphatic carbocycles. The van der Waals surface area contributed by atoms with Crippen LogP contribution in [0, 0.1) is 0 Å². The molecule has 94 valence electrons. The van der Waals surface area contributed by atoms with Crippen LogP contribution < -0.4 is 16.4 Å². The Morgan fingerprint density at radius 1 is 1.41 bits per heavy atom. The number of halogens is 1. The van der Waals surface area contributed by atoms with Crippen molar-refractivity contribution >= 4 is 35.6 Å². The largest absolute Gasteiger partial charge is 0.374 e. The molecule has 0 amide bonds. The number of anilines is 1. The highest BCUT2D eigenvalue weighted by molar-refractivity contribution is 14.0. The Balaban J connectivity index is 0.00000144. The summed E-state index contributed by atoms with van der Waals surface area (Å²) in [6.45, 7) is 1.71. The molecule has 0 atom stereocenters. The molecule has 5 heteroatoms. The number of fused-ring (bicyclic) bond motifs is 1. The Bertz CT molecular complexity index is 413. The standard InChI is InChI=1S/C12H18N4.HI/c1-16-6-2-3-10-7-9(4-5-11(10)16)8-15-12(13)14;/h4-5,7H,2-3,6,8H2,1H3,(H4,13,14,15);1H. The number of hydrogen-bond donors (Lipinski definition) is 2. The Kier molecular flexibility index (Phi) is 5.04. The molecule has 0 unspecified atom stereocenters. The Labute approximate surface area is 119 Å². The number of aliphatic imine (C=N–C) groups is 1. The van der Waals surface area contributed by atoms with Crippen molar-refractivity contribution in [2.24, 2.45) is 16.5 Å². The minimum Gasteiger partial charge on any atom is -0.374 e. The van der Waals surface area contributed by atoms with E-state index in [4.69, 9.17) is 11.5 Å². The maximum atomic E-state index is 5.32. The zero-order chi connectivity index (χ0) is 11.5. The first-order valence-electron chi connectivity index (χ1n) is 5.55. The normalized spacial score (nSPS) is 13.6. The van der Waals surface area contributed by atoms with Crippen molar-refractivity contribution in [3.63, 3.8) is 0 Å². The van der Waals surface area contributed by atoms with Crippen molar-refractivity contribution in [1.29, 1.82) is 0 Å². The van der Waals surface area contributed by atoms with Gasteiger partial charge in [-0.3, -0.25) is 0 Å². The molecule has 0 saturated heterocycles. The highest BCUT2D eigenvalue weighted by atomic mass is 127. The van der Waals surface area contributed by atoms with E-state index >= 15 is 0 Å². The van der Waals surface area contributed by atoms with Gasteiger partial charge < -0.3 is 16.4 Å². The average molecular weight is 346 g/mol. The second-order valence-corrected chi connectivity index (χ2v) is 4.23. The third kappa shape index (κ3) is 3.49. The third-order valence-electron chi connectivity index (χ3n) is 2.94. The van der Waals surface area contributed by atoms with Gasteiger partial charge in [-0.1, -0.05) is 12.1 Å². The first kappa shape index (κ1) is 14.1. The minimum absolute atomic E-state index is 0. The zero-order valence-electron chi connectivity index (χ0n) is 10.0. The molecule has 0 fully saturated rings. The molecule has 1 heterocycles. The van der Waals surface area contributed by atoms with E-state index in [1.54, 1.807) is 0 Å². The maximum Gasteiger partial charge on any atom is 0.186 e. The summed E-state index contributed by atoms with van der Waals surface area (Å²) in [4.78, 5) is 6.32. The lowest BCUT2D eigenvalue weighted by Gasteiger charge is -2.27. The quantitative estimate of drug-likeness (QED) is 0.484. The fourth-order valence-electron chi connectivity index (χ4n) is 2.12. The lowest BCUT2D eigenvalue weighted by Crippen LogP contribution is -2.24. The van der Waals surface area contributed by atoms with Gasteiger partial charge in [-0.05, 0) is 30.0 Å².